The number of benzene rings is 2. The van der Waals surface area contributed by atoms with Crippen molar-refractivity contribution in [1.29, 1.82) is 0 Å². The van der Waals surface area contributed by atoms with Gasteiger partial charge in [0.15, 0.2) is 11.6 Å². The number of carboxylic acids is 1. The Morgan fingerprint density at radius 2 is 1.95 bits per heavy atom. The van der Waals surface area contributed by atoms with Crippen LogP contribution in [0.15, 0.2) is 36.5 Å². The van der Waals surface area contributed by atoms with Gasteiger partial charge in [-0.2, -0.15) is 4.39 Å². The van der Waals surface area contributed by atoms with E-state index in [1.807, 2.05) is 4.90 Å². The summed E-state index contributed by atoms with van der Waals surface area (Å²) in [6, 6.07) is 6.28. The van der Waals surface area contributed by atoms with Crippen LogP contribution < -0.4 is 9.47 Å². The third-order valence-electron chi connectivity index (χ3n) is 7.15. The highest BCUT2D eigenvalue weighted by Gasteiger charge is 2.42. The first kappa shape index (κ1) is 27.9. The van der Waals surface area contributed by atoms with E-state index in [2.05, 4.69) is 4.98 Å². The molecule has 204 valence electrons. The Kier molecular flexibility index (Phi) is 8.62. The van der Waals surface area contributed by atoms with E-state index in [0.29, 0.717) is 42.4 Å². The van der Waals surface area contributed by atoms with Gasteiger partial charge in [-0.3, -0.25) is 14.7 Å². The average molecular weight is 555 g/mol. The third kappa shape index (κ3) is 5.96. The first-order valence-corrected chi connectivity index (χ1v) is 12.5. The van der Waals surface area contributed by atoms with Crippen molar-refractivity contribution in [3.63, 3.8) is 0 Å². The molecule has 6 nitrogen and oxygen atoms in total. The van der Waals surface area contributed by atoms with Crippen molar-refractivity contribution in [2.24, 2.45) is 5.41 Å². The summed E-state index contributed by atoms with van der Waals surface area (Å²) in [5, 5.41) is 10.7. The third-order valence-corrected chi connectivity index (χ3v) is 7.45. The number of aliphatic carboxylic acids is 1. The number of likely N-dealkylation sites (tertiary alicyclic amines) is 1. The molecule has 11 heteroatoms. The zero-order valence-electron chi connectivity index (χ0n) is 20.7. The number of carbonyl (C=O) groups is 1. The lowest BCUT2D eigenvalue weighted by Gasteiger charge is -2.39. The van der Waals surface area contributed by atoms with E-state index < -0.39 is 40.8 Å². The molecule has 0 spiro atoms. The summed E-state index contributed by atoms with van der Waals surface area (Å²) in [6.07, 6.45) is 0.481. The second kappa shape index (κ2) is 11.7. The van der Waals surface area contributed by atoms with Gasteiger partial charge in [0, 0.05) is 35.8 Å². The molecular formula is C27H27ClF4N2O4. The quantitative estimate of drug-likeness (QED) is 0.233. The van der Waals surface area contributed by atoms with Crippen molar-refractivity contribution >= 4 is 28.5 Å². The maximum atomic E-state index is 15.6. The molecule has 1 aliphatic heterocycles. The lowest BCUT2D eigenvalue weighted by molar-refractivity contribution is -0.153. The molecule has 1 aliphatic rings. The summed E-state index contributed by atoms with van der Waals surface area (Å²) in [4.78, 5) is 18.4. The predicted octanol–water partition coefficient (Wildman–Crippen LogP) is 6.35. The Morgan fingerprint density at radius 3 is 2.63 bits per heavy atom. The summed E-state index contributed by atoms with van der Waals surface area (Å²) >= 11 is 6.31. The molecule has 0 unspecified atom stereocenters. The van der Waals surface area contributed by atoms with Crippen LogP contribution in [-0.4, -0.2) is 54.3 Å². The zero-order chi connectivity index (χ0) is 27.4. The van der Waals surface area contributed by atoms with Crippen molar-refractivity contribution in [1.82, 2.24) is 9.88 Å². The fourth-order valence-corrected chi connectivity index (χ4v) is 5.13. The molecule has 0 radical (unpaired) electrons. The van der Waals surface area contributed by atoms with Crippen LogP contribution in [0.2, 0.25) is 5.02 Å². The maximum Gasteiger partial charge on any atom is 0.309 e. The molecule has 1 aromatic heterocycles. The minimum absolute atomic E-state index is 0.0382. The number of alkyl halides is 1. The molecular weight excluding hydrogens is 528 g/mol. The summed E-state index contributed by atoms with van der Waals surface area (Å²) in [7, 11) is 1.50. The van der Waals surface area contributed by atoms with Crippen LogP contribution in [-0.2, 0) is 4.79 Å². The molecule has 1 atom stereocenters. The van der Waals surface area contributed by atoms with Crippen LogP contribution in [0, 0.1) is 22.9 Å². The fourth-order valence-electron chi connectivity index (χ4n) is 4.86. The number of hydrogen-bond donors (Lipinski definition) is 1. The number of pyridine rings is 1. The van der Waals surface area contributed by atoms with Gasteiger partial charge in [0.1, 0.15) is 24.3 Å². The first-order chi connectivity index (χ1) is 18.1. The highest BCUT2D eigenvalue weighted by Crippen LogP contribution is 2.42. The lowest BCUT2D eigenvalue weighted by atomic mass is 9.74. The fraction of sp³-hybridized carbons (Fsp3) is 0.407. The van der Waals surface area contributed by atoms with Crippen molar-refractivity contribution in [2.45, 2.75) is 31.9 Å². The summed E-state index contributed by atoms with van der Waals surface area (Å²) in [5.74, 6) is -4.54. The van der Waals surface area contributed by atoms with E-state index in [-0.39, 0.29) is 42.9 Å². The van der Waals surface area contributed by atoms with Crippen molar-refractivity contribution in [2.75, 3.05) is 33.4 Å². The van der Waals surface area contributed by atoms with Crippen molar-refractivity contribution in [3.05, 3.63) is 64.6 Å². The summed E-state index contributed by atoms with van der Waals surface area (Å²) in [6.45, 7) is 1.05. The SMILES string of the molecule is COc1ccc2ncc(Cl)c([C@@H](F)CCC3(C(=O)O)CCN(CCOc4cc(F)cc(F)c4F)CC3)c2c1. The van der Waals surface area contributed by atoms with Gasteiger partial charge in [-0.25, -0.2) is 13.2 Å². The smallest absolute Gasteiger partial charge is 0.309 e. The van der Waals surface area contributed by atoms with Crippen molar-refractivity contribution < 1.29 is 36.9 Å². The highest BCUT2D eigenvalue weighted by molar-refractivity contribution is 6.32. The minimum atomic E-state index is -1.51. The average Bonchev–Trinajstić information content (AvgIpc) is 2.90. The topological polar surface area (TPSA) is 71.9 Å². The zero-order valence-corrected chi connectivity index (χ0v) is 21.4. The Morgan fingerprint density at radius 1 is 1.21 bits per heavy atom. The van der Waals surface area contributed by atoms with Crippen LogP contribution in [0.3, 0.4) is 0 Å². The Labute approximate surface area is 222 Å². The number of rotatable bonds is 10. The van der Waals surface area contributed by atoms with Crippen LogP contribution in [0.25, 0.3) is 10.9 Å². The van der Waals surface area contributed by atoms with Gasteiger partial charge in [0.25, 0.3) is 0 Å². The molecule has 0 aliphatic carbocycles. The van der Waals surface area contributed by atoms with Crippen LogP contribution in [0.5, 0.6) is 11.5 Å². The molecule has 2 aromatic carbocycles. The van der Waals surface area contributed by atoms with Gasteiger partial charge in [0.2, 0.25) is 5.82 Å². The van der Waals surface area contributed by atoms with Gasteiger partial charge in [-0.15, -0.1) is 0 Å². The van der Waals surface area contributed by atoms with E-state index in [1.54, 1.807) is 18.2 Å². The standard InChI is InChI=1S/C27H27ClF4N2O4/c1-37-17-2-3-22-18(14-17)24(19(28)15-33-22)20(30)4-5-27(26(35)36)6-8-34(9-7-27)10-11-38-23-13-16(29)12-21(31)25(23)32/h2-3,12-15,20H,4-11H2,1H3,(H,35,36)/t20-/m0/s1. The molecule has 0 amide bonds. The normalized spacial score (nSPS) is 16.4. The van der Waals surface area contributed by atoms with Crippen molar-refractivity contribution in [3.8, 4) is 11.5 Å². The Hall–Kier alpha value is -3.11. The minimum Gasteiger partial charge on any atom is -0.497 e. The highest BCUT2D eigenvalue weighted by atomic mass is 35.5. The number of aromatic nitrogens is 1. The van der Waals surface area contributed by atoms with E-state index in [0.717, 1.165) is 6.07 Å². The number of hydrogen-bond acceptors (Lipinski definition) is 5. The molecule has 1 saturated heterocycles. The second-order valence-electron chi connectivity index (χ2n) is 9.38. The Balaban J connectivity index is 1.37. The number of carboxylic acid groups (broad SMARTS) is 1. The van der Waals surface area contributed by atoms with Gasteiger partial charge < -0.3 is 14.6 Å². The van der Waals surface area contributed by atoms with Gasteiger partial charge >= 0.3 is 5.97 Å². The van der Waals surface area contributed by atoms with Crippen LogP contribution in [0.1, 0.15) is 37.4 Å². The molecule has 1 fully saturated rings. The van der Waals surface area contributed by atoms with E-state index in [1.165, 1.54) is 13.3 Å². The first-order valence-electron chi connectivity index (χ1n) is 12.1. The predicted molar refractivity (Wildman–Crippen MR) is 134 cm³/mol. The number of methoxy groups -OCH3 is 1. The maximum absolute atomic E-state index is 15.6. The van der Waals surface area contributed by atoms with Crippen LogP contribution in [0.4, 0.5) is 17.6 Å². The molecule has 1 N–H and O–H groups in total. The largest absolute Gasteiger partial charge is 0.497 e. The number of ether oxygens (including phenoxy) is 2. The van der Waals surface area contributed by atoms with Crippen LogP contribution >= 0.6 is 11.6 Å². The van der Waals surface area contributed by atoms with E-state index in [9.17, 15) is 23.1 Å². The lowest BCUT2D eigenvalue weighted by Crippen LogP contribution is -2.45. The summed E-state index contributed by atoms with van der Waals surface area (Å²) in [5.41, 5.74) is -0.309. The number of fused-ring (bicyclic) bond motifs is 1. The van der Waals surface area contributed by atoms with Gasteiger partial charge in [0.05, 0.1) is 23.1 Å². The summed E-state index contributed by atoms with van der Waals surface area (Å²) < 4.78 is 66.5. The molecule has 3 aromatic rings. The molecule has 2 heterocycles. The molecule has 0 saturated carbocycles. The number of halogens is 5. The van der Waals surface area contributed by atoms with Gasteiger partial charge in [-0.05, 0) is 57.0 Å². The molecule has 0 bridgehead atoms. The second-order valence-corrected chi connectivity index (χ2v) is 9.79. The molecule has 4 rings (SSSR count). The Bertz CT molecular complexity index is 1320. The van der Waals surface area contributed by atoms with E-state index in [4.69, 9.17) is 21.1 Å². The van der Waals surface area contributed by atoms with E-state index >= 15 is 4.39 Å². The van der Waals surface area contributed by atoms with Gasteiger partial charge in [-0.1, -0.05) is 11.6 Å². The monoisotopic (exact) mass is 554 g/mol. The number of piperidine rings is 1. The number of nitrogens with zero attached hydrogens (tertiary/aromatic N) is 2. The molecule has 38 heavy (non-hydrogen) atoms.